The summed E-state index contributed by atoms with van der Waals surface area (Å²) in [4.78, 5) is 2.61. The largest absolute Gasteiger partial charge is 0.327 e. The molecule has 1 aliphatic carbocycles. The molecule has 0 amide bonds. The maximum absolute atomic E-state index is 6.55. The van der Waals surface area contributed by atoms with Crippen LogP contribution in [0.25, 0.3) is 0 Å². The molecule has 1 saturated heterocycles. The summed E-state index contributed by atoms with van der Waals surface area (Å²) < 4.78 is 0. The highest BCUT2D eigenvalue weighted by molar-refractivity contribution is 5.26. The van der Waals surface area contributed by atoms with Crippen molar-refractivity contribution in [2.45, 2.75) is 65.5 Å². The lowest BCUT2D eigenvalue weighted by atomic mass is 9.70. The molecule has 1 unspecified atom stereocenters. The van der Waals surface area contributed by atoms with E-state index >= 15 is 0 Å². The topological polar surface area (TPSA) is 29.3 Å². The summed E-state index contributed by atoms with van der Waals surface area (Å²) >= 11 is 0. The molecule has 0 bridgehead atoms. The Hall–Kier alpha value is -0.340. The number of nitrogens with two attached hydrogens (primary N) is 1. The summed E-state index contributed by atoms with van der Waals surface area (Å²) in [5, 5.41) is 0. The zero-order valence-corrected chi connectivity index (χ0v) is 12.8. The predicted molar refractivity (Wildman–Crippen MR) is 78.5 cm³/mol. The van der Waals surface area contributed by atoms with E-state index in [1.807, 2.05) is 0 Å². The second-order valence-electron chi connectivity index (χ2n) is 7.34. The molecule has 1 saturated carbocycles. The van der Waals surface area contributed by atoms with Crippen molar-refractivity contribution in [2.75, 3.05) is 13.1 Å². The minimum atomic E-state index is 0.298. The number of hydrogen-bond acceptors (Lipinski definition) is 2. The van der Waals surface area contributed by atoms with Gasteiger partial charge in [0.2, 0.25) is 0 Å². The van der Waals surface area contributed by atoms with Crippen LogP contribution in [0.15, 0.2) is 11.6 Å². The van der Waals surface area contributed by atoms with Gasteiger partial charge in [-0.1, -0.05) is 18.6 Å². The predicted octanol–water partition coefficient (Wildman–Crippen LogP) is 3.18. The average Bonchev–Trinajstić information content (AvgIpc) is 2.54. The summed E-state index contributed by atoms with van der Waals surface area (Å²) in [5.74, 6) is 0.650. The fourth-order valence-corrected chi connectivity index (χ4v) is 4.07. The van der Waals surface area contributed by atoms with Crippen LogP contribution in [0.2, 0.25) is 0 Å². The highest BCUT2D eigenvalue weighted by Gasteiger charge is 2.49. The zero-order chi connectivity index (χ0) is 13.6. The molecule has 2 fully saturated rings. The highest BCUT2D eigenvalue weighted by Crippen LogP contribution is 2.52. The molecule has 2 heteroatoms. The van der Waals surface area contributed by atoms with Gasteiger partial charge in [0.1, 0.15) is 0 Å². The molecule has 0 aromatic rings. The molecule has 2 aliphatic rings. The zero-order valence-electron chi connectivity index (χ0n) is 12.8. The van der Waals surface area contributed by atoms with Gasteiger partial charge in [-0.3, -0.25) is 4.90 Å². The lowest BCUT2D eigenvalue weighted by Crippen LogP contribution is -2.53. The van der Waals surface area contributed by atoms with Gasteiger partial charge < -0.3 is 5.73 Å². The minimum Gasteiger partial charge on any atom is -0.327 e. The third-order valence-corrected chi connectivity index (χ3v) is 5.39. The fourth-order valence-electron chi connectivity index (χ4n) is 4.07. The van der Waals surface area contributed by atoms with Gasteiger partial charge in [-0.15, -0.1) is 0 Å². The van der Waals surface area contributed by atoms with Gasteiger partial charge in [-0.25, -0.2) is 0 Å². The molecule has 1 spiro atoms. The molecule has 2 rings (SSSR count). The Morgan fingerprint density at radius 2 is 1.83 bits per heavy atom. The number of hydrogen-bond donors (Lipinski definition) is 1. The number of nitrogens with zero attached hydrogens (tertiary/aromatic N) is 1. The van der Waals surface area contributed by atoms with Gasteiger partial charge in [0.25, 0.3) is 0 Å². The van der Waals surface area contributed by atoms with Crippen LogP contribution >= 0.6 is 0 Å². The van der Waals surface area contributed by atoms with Crippen LogP contribution in [0.3, 0.4) is 0 Å². The van der Waals surface area contributed by atoms with Crippen LogP contribution < -0.4 is 5.73 Å². The Kier molecular flexibility index (Phi) is 3.63. The van der Waals surface area contributed by atoms with Crippen LogP contribution in [0, 0.1) is 11.3 Å². The molecule has 0 radical (unpaired) electrons. The first-order valence-electron chi connectivity index (χ1n) is 7.47. The Morgan fingerprint density at radius 1 is 1.28 bits per heavy atom. The summed E-state index contributed by atoms with van der Waals surface area (Å²) in [7, 11) is 0. The van der Waals surface area contributed by atoms with Crippen molar-refractivity contribution in [2.24, 2.45) is 17.1 Å². The van der Waals surface area contributed by atoms with Crippen LogP contribution in [0.1, 0.15) is 53.9 Å². The summed E-state index contributed by atoms with van der Waals surface area (Å²) in [5.41, 5.74) is 8.80. The summed E-state index contributed by atoms with van der Waals surface area (Å²) in [6.45, 7) is 13.9. The average molecular weight is 250 g/mol. The number of rotatable bonds is 0. The van der Waals surface area contributed by atoms with E-state index in [2.05, 4.69) is 45.6 Å². The molecule has 0 aromatic carbocycles. The van der Waals surface area contributed by atoms with E-state index in [0.717, 1.165) is 0 Å². The second-order valence-corrected chi connectivity index (χ2v) is 7.34. The van der Waals surface area contributed by atoms with E-state index in [4.69, 9.17) is 5.73 Å². The van der Waals surface area contributed by atoms with Crippen molar-refractivity contribution in [3.8, 4) is 0 Å². The summed E-state index contributed by atoms with van der Waals surface area (Å²) in [6.07, 6.45) is 6.05. The number of likely N-dealkylation sites (tertiary alicyclic amines) is 1. The quantitative estimate of drug-likeness (QED) is 0.669. The molecule has 1 aliphatic heterocycles. The lowest BCUT2D eigenvalue weighted by molar-refractivity contribution is 0.0508. The standard InChI is InChI=1S/C16H30N2/c1-6-13-11-12(2)14(17)16(13)7-9-18(10-8-16)15(3,4)5/h6,12,14H,7-11,17H2,1-5H3/b13-6+/t12?,14-/m1/s1. The van der Waals surface area contributed by atoms with Gasteiger partial charge in [-0.05, 0) is 66.0 Å². The Balaban J connectivity index is 2.16. The van der Waals surface area contributed by atoms with Crippen molar-refractivity contribution in [3.63, 3.8) is 0 Å². The molecule has 104 valence electrons. The van der Waals surface area contributed by atoms with E-state index in [1.165, 1.54) is 32.4 Å². The normalized spacial score (nSPS) is 35.6. The first kappa shape index (κ1) is 14.1. The van der Waals surface area contributed by atoms with Crippen molar-refractivity contribution >= 4 is 0 Å². The van der Waals surface area contributed by atoms with Crippen LogP contribution in [-0.2, 0) is 0 Å². The van der Waals surface area contributed by atoms with Crippen molar-refractivity contribution in [3.05, 3.63) is 11.6 Å². The minimum absolute atomic E-state index is 0.298. The van der Waals surface area contributed by atoms with Crippen molar-refractivity contribution < 1.29 is 0 Å². The molecular formula is C16H30N2. The summed E-state index contributed by atoms with van der Waals surface area (Å²) in [6, 6.07) is 0.366. The Labute approximate surface area is 113 Å². The maximum Gasteiger partial charge on any atom is 0.0163 e. The molecule has 2 atom stereocenters. The molecule has 18 heavy (non-hydrogen) atoms. The van der Waals surface area contributed by atoms with Gasteiger partial charge in [-0.2, -0.15) is 0 Å². The Morgan fingerprint density at radius 3 is 2.28 bits per heavy atom. The van der Waals surface area contributed by atoms with Crippen LogP contribution in [-0.4, -0.2) is 29.6 Å². The number of allylic oxidation sites excluding steroid dienone is 1. The monoisotopic (exact) mass is 250 g/mol. The maximum atomic E-state index is 6.55. The van der Waals surface area contributed by atoms with Crippen molar-refractivity contribution in [1.29, 1.82) is 0 Å². The van der Waals surface area contributed by atoms with E-state index < -0.39 is 0 Å². The smallest absolute Gasteiger partial charge is 0.0163 e. The van der Waals surface area contributed by atoms with Gasteiger partial charge in [0.15, 0.2) is 0 Å². The van der Waals surface area contributed by atoms with E-state index in [9.17, 15) is 0 Å². The molecule has 0 aromatic heterocycles. The first-order valence-corrected chi connectivity index (χ1v) is 7.47. The van der Waals surface area contributed by atoms with Gasteiger partial charge in [0, 0.05) is 17.0 Å². The lowest BCUT2D eigenvalue weighted by Gasteiger charge is -2.48. The Bertz CT molecular complexity index is 329. The van der Waals surface area contributed by atoms with Gasteiger partial charge in [0.05, 0.1) is 0 Å². The van der Waals surface area contributed by atoms with E-state index in [0.29, 0.717) is 22.9 Å². The third-order valence-electron chi connectivity index (χ3n) is 5.39. The van der Waals surface area contributed by atoms with Crippen molar-refractivity contribution in [1.82, 2.24) is 4.90 Å². The van der Waals surface area contributed by atoms with E-state index in [-0.39, 0.29) is 0 Å². The molecule has 2 N–H and O–H groups in total. The first-order chi connectivity index (χ1) is 8.31. The number of piperidine rings is 1. The van der Waals surface area contributed by atoms with E-state index in [1.54, 1.807) is 5.57 Å². The highest BCUT2D eigenvalue weighted by atomic mass is 15.2. The van der Waals surface area contributed by atoms with Gasteiger partial charge >= 0.3 is 0 Å². The SMILES string of the molecule is C/C=C1\CC(C)[C@@H](N)C12CCN(C(C)(C)C)CC2. The second kappa shape index (κ2) is 4.64. The fraction of sp³-hybridized carbons (Fsp3) is 0.875. The van der Waals surface area contributed by atoms with Crippen LogP contribution in [0.5, 0.6) is 0 Å². The molecule has 2 nitrogen and oxygen atoms in total. The third kappa shape index (κ3) is 2.14. The molecule has 1 heterocycles. The van der Waals surface area contributed by atoms with Crippen LogP contribution in [0.4, 0.5) is 0 Å². The molecular weight excluding hydrogens is 220 g/mol.